The second-order valence-corrected chi connectivity index (χ2v) is 12.7. The van der Waals surface area contributed by atoms with Gasteiger partial charge in [-0.2, -0.15) is 0 Å². The minimum atomic E-state index is 0.354. The van der Waals surface area contributed by atoms with Gasteiger partial charge in [0.2, 0.25) is 0 Å². The molecule has 2 aromatic carbocycles. The number of hydrogen-bond acceptors (Lipinski definition) is 3. The number of aromatic nitrogens is 2. The predicted molar refractivity (Wildman–Crippen MR) is 158 cm³/mol. The molecule has 0 spiro atoms. The molecule has 0 bridgehead atoms. The van der Waals surface area contributed by atoms with Crippen LogP contribution in [-0.4, -0.2) is 22.8 Å². The number of benzene rings is 2. The van der Waals surface area contributed by atoms with Crippen LogP contribution in [0.15, 0.2) is 63.8 Å². The monoisotopic (exact) mass is 507 g/mol. The quantitative estimate of drug-likeness (QED) is 0.385. The van der Waals surface area contributed by atoms with Gasteiger partial charge in [0.05, 0.1) is 17.6 Å². The van der Waals surface area contributed by atoms with Gasteiger partial charge in [0.1, 0.15) is 11.6 Å². The number of aliphatic imine (C=N–C) groups is 1. The lowest BCUT2D eigenvalue weighted by Crippen LogP contribution is -2.23. The van der Waals surface area contributed by atoms with Crippen LogP contribution >= 0.6 is 0 Å². The Balaban J connectivity index is 1.27. The molecule has 4 heteroatoms. The molecule has 1 N–H and O–H groups in total. The van der Waals surface area contributed by atoms with Crippen LogP contribution in [-0.2, 0) is 6.42 Å². The zero-order chi connectivity index (χ0) is 26.4. The first-order chi connectivity index (χ1) is 18.3. The fourth-order valence-electron chi connectivity index (χ4n) is 6.75. The summed E-state index contributed by atoms with van der Waals surface area (Å²) in [5.74, 6) is 3.11. The number of rotatable bonds is 3. The largest absolute Gasteiger partial charge is 0.493 e. The van der Waals surface area contributed by atoms with Crippen molar-refractivity contribution in [1.29, 1.82) is 0 Å². The van der Waals surface area contributed by atoms with Gasteiger partial charge in [-0.15, -0.1) is 0 Å². The SMILES string of the molecule is CC1=C2CCC(C)(C)CC2=C(CC2CCOc3ccc(-c4ccc5nc(C)[nH]c5c4)cc3CC2C)N=CC1. The molecule has 0 amide bonds. The Morgan fingerprint density at radius 2 is 1.87 bits per heavy atom. The highest BCUT2D eigenvalue weighted by Crippen LogP contribution is 2.46. The summed E-state index contributed by atoms with van der Waals surface area (Å²) in [5, 5.41) is 0. The molecule has 6 rings (SSSR count). The maximum atomic E-state index is 6.36. The minimum absolute atomic E-state index is 0.354. The number of nitrogens with one attached hydrogen (secondary N) is 1. The van der Waals surface area contributed by atoms with Gasteiger partial charge in [0, 0.05) is 18.3 Å². The lowest BCUT2D eigenvalue weighted by atomic mass is 9.70. The molecule has 1 fully saturated rings. The van der Waals surface area contributed by atoms with E-state index in [1.54, 1.807) is 11.1 Å². The number of hydrogen-bond donors (Lipinski definition) is 1. The molecule has 0 saturated heterocycles. The third kappa shape index (κ3) is 4.98. The summed E-state index contributed by atoms with van der Waals surface area (Å²) in [6, 6.07) is 13.2. The van der Waals surface area contributed by atoms with E-state index in [1.165, 1.54) is 40.8 Å². The highest BCUT2D eigenvalue weighted by Gasteiger charge is 2.32. The molecule has 38 heavy (non-hydrogen) atoms. The van der Waals surface area contributed by atoms with E-state index in [9.17, 15) is 0 Å². The Bertz CT molecular complexity index is 1470. The van der Waals surface area contributed by atoms with Crippen molar-refractivity contribution in [2.45, 2.75) is 79.6 Å². The maximum Gasteiger partial charge on any atom is 0.122 e. The van der Waals surface area contributed by atoms with E-state index in [0.29, 0.717) is 17.3 Å². The summed E-state index contributed by atoms with van der Waals surface area (Å²) < 4.78 is 6.36. The molecule has 1 aromatic heterocycles. The van der Waals surface area contributed by atoms with E-state index in [2.05, 4.69) is 80.3 Å². The van der Waals surface area contributed by atoms with Crippen molar-refractivity contribution in [2.75, 3.05) is 6.61 Å². The molecule has 198 valence electrons. The second-order valence-electron chi connectivity index (χ2n) is 12.7. The van der Waals surface area contributed by atoms with E-state index in [0.717, 1.165) is 61.3 Å². The Morgan fingerprint density at radius 3 is 2.74 bits per heavy atom. The Hall–Kier alpha value is -3.14. The lowest BCUT2D eigenvalue weighted by Gasteiger charge is -2.35. The van der Waals surface area contributed by atoms with Gasteiger partial charge in [-0.1, -0.05) is 38.5 Å². The van der Waals surface area contributed by atoms with Crippen molar-refractivity contribution >= 4 is 17.2 Å². The minimum Gasteiger partial charge on any atom is -0.493 e. The summed E-state index contributed by atoms with van der Waals surface area (Å²) >= 11 is 0. The van der Waals surface area contributed by atoms with Crippen molar-refractivity contribution in [1.82, 2.24) is 9.97 Å². The Kier molecular flexibility index (Phi) is 6.53. The van der Waals surface area contributed by atoms with Gasteiger partial charge in [0.15, 0.2) is 0 Å². The number of allylic oxidation sites excluding steroid dienone is 4. The maximum absolute atomic E-state index is 6.36. The van der Waals surface area contributed by atoms with Crippen molar-refractivity contribution < 1.29 is 4.74 Å². The fraction of sp³-hybridized carbons (Fsp3) is 0.471. The molecule has 1 saturated carbocycles. The van der Waals surface area contributed by atoms with E-state index in [1.807, 2.05) is 6.92 Å². The summed E-state index contributed by atoms with van der Waals surface area (Å²) in [6.45, 7) is 12.4. The standard InChI is InChI=1S/C34H41N3O/c1-21-11-14-35-31(29-20-34(4,5)13-10-28(21)29)18-24-12-15-38-33-9-7-25(17-27(33)16-22(24)2)26-6-8-30-32(19-26)37-23(3)36-30/h6-9,14,17,19,22,24H,10-13,15-16,18,20H2,1-5H3,(H,36,37). The van der Waals surface area contributed by atoms with Crippen molar-refractivity contribution in [3.63, 3.8) is 0 Å². The number of aryl methyl sites for hydroxylation is 1. The van der Waals surface area contributed by atoms with Crippen LogP contribution in [0.25, 0.3) is 22.2 Å². The van der Waals surface area contributed by atoms with Crippen LogP contribution in [0, 0.1) is 24.2 Å². The molecular weight excluding hydrogens is 466 g/mol. The molecule has 3 aliphatic rings. The first-order valence-corrected chi connectivity index (χ1v) is 14.4. The molecule has 3 heterocycles. The number of aromatic amines is 1. The molecule has 2 aliphatic heterocycles. The highest BCUT2D eigenvalue weighted by molar-refractivity contribution is 5.82. The topological polar surface area (TPSA) is 50.3 Å². The summed E-state index contributed by atoms with van der Waals surface area (Å²) in [6.07, 6.45) is 9.93. The number of imidazole rings is 1. The van der Waals surface area contributed by atoms with Gasteiger partial charge in [-0.25, -0.2) is 4.98 Å². The van der Waals surface area contributed by atoms with Crippen LogP contribution in [0.1, 0.15) is 77.6 Å². The first kappa shape index (κ1) is 25.2. The van der Waals surface area contributed by atoms with Gasteiger partial charge >= 0.3 is 0 Å². The van der Waals surface area contributed by atoms with Crippen LogP contribution in [0.3, 0.4) is 0 Å². The zero-order valence-electron chi connectivity index (χ0n) is 23.7. The number of nitrogens with zero attached hydrogens (tertiary/aromatic N) is 2. The molecular formula is C34H41N3O. The van der Waals surface area contributed by atoms with E-state index < -0.39 is 0 Å². The lowest BCUT2D eigenvalue weighted by molar-refractivity contribution is 0.220. The second kappa shape index (κ2) is 9.87. The van der Waals surface area contributed by atoms with E-state index in [-0.39, 0.29) is 0 Å². The van der Waals surface area contributed by atoms with E-state index in [4.69, 9.17) is 9.73 Å². The Morgan fingerprint density at radius 1 is 1.05 bits per heavy atom. The van der Waals surface area contributed by atoms with Crippen LogP contribution in [0.2, 0.25) is 0 Å². The zero-order valence-corrected chi connectivity index (χ0v) is 23.7. The molecule has 2 unspecified atom stereocenters. The summed E-state index contributed by atoms with van der Waals surface area (Å²) in [7, 11) is 0. The van der Waals surface area contributed by atoms with Crippen molar-refractivity contribution in [2.24, 2.45) is 22.2 Å². The number of fused-ring (bicyclic) bond motifs is 3. The molecule has 3 aromatic rings. The summed E-state index contributed by atoms with van der Waals surface area (Å²) in [5.41, 5.74) is 12.2. The number of H-pyrrole nitrogens is 1. The number of ether oxygens (including phenoxy) is 1. The smallest absolute Gasteiger partial charge is 0.122 e. The van der Waals surface area contributed by atoms with Gasteiger partial charge in [0.25, 0.3) is 0 Å². The third-order valence-electron chi connectivity index (χ3n) is 9.12. The molecule has 4 nitrogen and oxygen atoms in total. The first-order valence-electron chi connectivity index (χ1n) is 14.4. The van der Waals surface area contributed by atoms with Crippen molar-refractivity contribution in [3.05, 3.63) is 70.2 Å². The predicted octanol–water partition coefficient (Wildman–Crippen LogP) is 8.76. The fourth-order valence-corrected chi connectivity index (χ4v) is 6.75. The molecule has 1 aliphatic carbocycles. The molecule has 0 radical (unpaired) electrons. The Labute approximate surface area is 227 Å². The van der Waals surface area contributed by atoms with Gasteiger partial charge in [-0.3, -0.25) is 4.99 Å². The van der Waals surface area contributed by atoms with Crippen LogP contribution in [0.5, 0.6) is 5.75 Å². The summed E-state index contributed by atoms with van der Waals surface area (Å²) in [4.78, 5) is 13.0. The van der Waals surface area contributed by atoms with Gasteiger partial charge in [-0.05, 0) is 122 Å². The van der Waals surface area contributed by atoms with Crippen LogP contribution < -0.4 is 4.74 Å². The van der Waals surface area contributed by atoms with Gasteiger partial charge < -0.3 is 9.72 Å². The average Bonchev–Trinajstić information content (AvgIpc) is 3.18. The average molecular weight is 508 g/mol. The molecule has 2 atom stereocenters. The third-order valence-corrected chi connectivity index (χ3v) is 9.12. The van der Waals surface area contributed by atoms with Crippen molar-refractivity contribution in [3.8, 4) is 16.9 Å². The normalized spacial score (nSPS) is 23.4. The van der Waals surface area contributed by atoms with E-state index >= 15 is 0 Å². The van der Waals surface area contributed by atoms with Crippen LogP contribution in [0.4, 0.5) is 0 Å². The highest BCUT2D eigenvalue weighted by atomic mass is 16.5.